The van der Waals surface area contributed by atoms with Crippen molar-refractivity contribution in [1.29, 1.82) is 0 Å². The number of halogens is 2. The zero-order valence-electron chi connectivity index (χ0n) is 12.3. The van der Waals surface area contributed by atoms with E-state index in [1.54, 1.807) is 12.1 Å². The van der Waals surface area contributed by atoms with Gasteiger partial charge in [-0.15, -0.1) is 0 Å². The van der Waals surface area contributed by atoms with Gasteiger partial charge in [-0.3, -0.25) is 5.43 Å². The van der Waals surface area contributed by atoms with Crippen LogP contribution in [0.2, 0.25) is 0 Å². The number of hydrogen-bond donors (Lipinski definition) is 2. The van der Waals surface area contributed by atoms with E-state index in [0.29, 0.717) is 28.4 Å². The highest BCUT2D eigenvalue weighted by atomic mass is 32.2. The van der Waals surface area contributed by atoms with Crippen molar-refractivity contribution in [3.05, 3.63) is 53.5 Å². The number of hydrogen-bond acceptors (Lipinski definition) is 4. The van der Waals surface area contributed by atoms with E-state index in [9.17, 15) is 8.78 Å². The molecule has 0 atom stereocenters. The molecule has 2 rings (SSSR count). The maximum atomic E-state index is 12.1. The quantitative estimate of drug-likeness (QED) is 0.458. The minimum atomic E-state index is -2.41. The molecule has 0 fully saturated rings. The van der Waals surface area contributed by atoms with Gasteiger partial charge in [-0.05, 0) is 43.4 Å². The molecule has 23 heavy (non-hydrogen) atoms. The van der Waals surface area contributed by atoms with E-state index in [2.05, 4.69) is 15.8 Å². The van der Waals surface area contributed by atoms with Crippen molar-refractivity contribution in [1.82, 2.24) is 5.43 Å². The monoisotopic (exact) mass is 355 g/mol. The summed E-state index contributed by atoms with van der Waals surface area (Å²) in [6.07, 6.45) is 1.43. The van der Waals surface area contributed by atoms with E-state index in [1.165, 1.54) is 6.21 Å². The number of nitrogens with zero attached hydrogens (tertiary/aromatic N) is 1. The first-order valence-electron chi connectivity index (χ1n) is 6.68. The Labute approximate surface area is 142 Å². The molecule has 0 aliphatic heterocycles. The molecule has 1 heterocycles. The van der Waals surface area contributed by atoms with E-state index >= 15 is 0 Å². The highest BCUT2D eigenvalue weighted by Crippen LogP contribution is 2.20. The fourth-order valence-corrected chi connectivity index (χ4v) is 2.25. The summed E-state index contributed by atoms with van der Waals surface area (Å²) in [6.45, 7) is 2.00. The Morgan fingerprint density at radius 1 is 1.30 bits per heavy atom. The number of thioether (sulfide) groups is 1. The lowest BCUT2D eigenvalue weighted by atomic mass is 10.2. The van der Waals surface area contributed by atoms with Crippen molar-refractivity contribution in [2.75, 3.05) is 5.32 Å². The highest BCUT2D eigenvalue weighted by molar-refractivity contribution is 7.98. The number of aryl methyl sites for hydroxylation is 1. The summed E-state index contributed by atoms with van der Waals surface area (Å²) in [5.74, 6) is -1.37. The molecule has 8 heteroatoms. The molecule has 122 valence electrons. The second-order valence-corrected chi connectivity index (χ2v) is 5.95. The number of hydrazone groups is 1. The van der Waals surface area contributed by atoms with E-state index in [1.807, 2.05) is 31.2 Å². The molecule has 0 aliphatic rings. The molecule has 0 spiro atoms. The Kier molecular flexibility index (Phi) is 6.54. The molecule has 2 aromatic rings. The summed E-state index contributed by atoms with van der Waals surface area (Å²) >= 11 is 5.62. The van der Waals surface area contributed by atoms with Gasteiger partial charge in [0.15, 0.2) is 5.11 Å². The van der Waals surface area contributed by atoms with Crippen molar-refractivity contribution in [3.63, 3.8) is 0 Å². The van der Waals surface area contributed by atoms with Gasteiger partial charge >= 0.3 is 0 Å². The Bertz CT molecular complexity index is 672. The van der Waals surface area contributed by atoms with Gasteiger partial charge in [-0.1, -0.05) is 29.5 Å². The first-order chi connectivity index (χ1) is 11.0. The van der Waals surface area contributed by atoms with Crippen LogP contribution in [0.4, 0.5) is 14.5 Å². The largest absolute Gasteiger partial charge is 0.459 e. The van der Waals surface area contributed by atoms with Crippen molar-refractivity contribution < 1.29 is 13.2 Å². The van der Waals surface area contributed by atoms with E-state index < -0.39 is 5.76 Å². The topological polar surface area (TPSA) is 49.6 Å². The molecule has 1 aromatic heterocycles. The van der Waals surface area contributed by atoms with Crippen LogP contribution in [-0.4, -0.2) is 17.1 Å². The minimum absolute atomic E-state index is 0.117. The average molecular weight is 355 g/mol. The molecule has 0 saturated carbocycles. The van der Waals surface area contributed by atoms with Crippen molar-refractivity contribution >= 4 is 41.0 Å². The molecule has 0 radical (unpaired) electrons. The summed E-state index contributed by atoms with van der Waals surface area (Å²) in [5.41, 5.74) is 4.67. The summed E-state index contributed by atoms with van der Waals surface area (Å²) < 4.78 is 29.5. The number of furan rings is 1. The second kappa shape index (κ2) is 8.64. The van der Waals surface area contributed by atoms with Gasteiger partial charge in [-0.25, -0.2) is 0 Å². The Morgan fingerprint density at radius 2 is 2.04 bits per heavy atom. The summed E-state index contributed by atoms with van der Waals surface area (Å²) in [7, 11) is 0. The van der Waals surface area contributed by atoms with Gasteiger partial charge < -0.3 is 9.73 Å². The molecule has 0 saturated heterocycles. The fourth-order valence-electron chi connectivity index (χ4n) is 1.64. The van der Waals surface area contributed by atoms with Crippen LogP contribution in [0.5, 0.6) is 0 Å². The average Bonchev–Trinajstić information content (AvgIpc) is 2.95. The number of anilines is 1. The molecule has 1 aromatic carbocycles. The van der Waals surface area contributed by atoms with Crippen LogP contribution in [0, 0.1) is 6.92 Å². The molecular formula is C15H15F2N3OS2. The van der Waals surface area contributed by atoms with E-state index in [-0.39, 0.29) is 5.75 Å². The molecule has 0 amide bonds. The maximum Gasteiger partial charge on any atom is 0.284 e. The third-order valence-electron chi connectivity index (χ3n) is 2.70. The van der Waals surface area contributed by atoms with E-state index in [0.717, 1.165) is 11.3 Å². The van der Waals surface area contributed by atoms with Crippen LogP contribution >= 0.6 is 24.0 Å². The predicted molar refractivity (Wildman–Crippen MR) is 94.1 cm³/mol. The Balaban J connectivity index is 1.79. The summed E-state index contributed by atoms with van der Waals surface area (Å²) in [4.78, 5) is 0. The van der Waals surface area contributed by atoms with Gasteiger partial charge in [0, 0.05) is 5.69 Å². The molecule has 4 nitrogen and oxygen atoms in total. The third kappa shape index (κ3) is 6.37. The third-order valence-corrected chi connectivity index (χ3v) is 3.60. The zero-order valence-corrected chi connectivity index (χ0v) is 13.9. The number of benzene rings is 1. The number of alkyl halides is 2. The molecule has 0 aliphatic carbocycles. The van der Waals surface area contributed by atoms with E-state index in [4.69, 9.17) is 16.6 Å². The summed E-state index contributed by atoms with van der Waals surface area (Å²) in [5, 5.41) is 7.26. The van der Waals surface area contributed by atoms with Gasteiger partial charge in [0.05, 0.1) is 12.0 Å². The van der Waals surface area contributed by atoms with Gasteiger partial charge in [0.2, 0.25) is 0 Å². The van der Waals surface area contributed by atoms with Crippen molar-refractivity contribution in [3.8, 4) is 0 Å². The fraction of sp³-hybridized carbons (Fsp3) is 0.200. The predicted octanol–water partition coefficient (Wildman–Crippen LogP) is 4.36. The molecular weight excluding hydrogens is 340 g/mol. The standard InChI is InChI=1S/C15H15F2N3OS2/c1-10-2-4-11(5-3-10)19-15(22)20-18-8-12-6-7-13(21-12)9-23-14(16)17/h2-8,14H,9H2,1H3,(H2,19,20,22)/b18-8-. The van der Waals surface area contributed by atoms with Crippen LogP contribution in [0.1, 0.15) is 17.1 Å². The molecule has 0 bridgehead atoms. The Hall–Kier alpha value is -1.93. The number of rotatable bonds is 6. The lowest BCUT2D eigenvalue weighted by molar-refractivity contribution is 0.251. The van der Waals surface area contributed by atoms with Crippen LogP contribution in [-0.2, 0) is 5.75 Å². The minimum Gasteiger partial charge on any atom is -0.459 e. The highest BCUT2D eigenvalue weighted by Gasteiger charge is 2.06. The van der Waals surface area contributed by atoms with Crippen molar-refractivity contribution in [2.45, 2.75) is 18.4 Å². The zero-order chi connectivity index (χ0) is 16.7. The van der Waals surface area contributed by atoms with Gasteiger partial charge in [0.25, 0.3) is 5.76 Å². The van der Waals surface area contributed by atoms with Crippen LogP contribution in [0.3, 0.4) is 0 Å². The lowest BCUT2D eigenvalue weighted by Crippen LogP contribution is -2.23. The summed E-state index contributed by atoms with van der Waals surface area (Å²) in [6, 6.07) is 11.0. The molecule has 2 N–H and O–H groups in total. The first-order valence-corrected chi connectivity index (χ1v) is 8.14. The maximum absolute atomic E-state index is 12.1. The SMILES string of the molecule is Cc1ccc(NC(=S)N/N=C\c2ccc(CSC(F)F)o2)cc1. The molecule has 0 unspecified atom stereocenters. The van der Waals surface area contributed by atoms with Crippen LogP contribution in [0.15, 0.2) is 45.9 Å². The van der Waals surface area contributed by atoms with Gasteiger partial charge in [-0.2, -0.15) is 13.9 Å². The number of thiocarbonyl (C=S) groups is 1. The number of nitrogens with one attached hydrogen (secondary N) is 2. The second-order valence-electron chi connectivity index (χ2n) is 4.57. The van der Waals surface area contributed by atoms with Crippen molar-refractivity contribution in [2.24, 2.45) is 5.10 Å². The lowest BCUT2D eigenvalue weighted by Gasteiger charge is -2.06. The normalized spacial score (nSPS) is 11.1. The van der Waals surface area contributed by atoms with Gasteiger partial charge in [0.1, 0.15) is 11.5 Å². The van der Waals surface area contributed by atoms with Crippen LogP contribution in [0.25, 0.3) is 0 Å². The first kappa shape index (κ1) is 17.4. The Morgan fingerprint density at radius 3 is 2.74 bits per heavy atom. The smallest absolute Gasteiger partial charge is 0.284 e. The van der Waals surface area contributed by atoms with Crippen LogP contribution < -0.4 is 10.7 Å².